The van der Waals surface area contributed by atoms with Crippen LogP contribution in [0.2, 0.25) is 0 Å². The Morgan fingerprint density at radius 3 is 2.32 bits per heavy atom. The van der Waals surface area contributed by atoms with Gasteiger partial charge in [-0.2, -0.15) is 0 Å². The van der Waals surface area contributed by atoms with E-state index in [0.717, 1.165) is 37.4 Å². The van der Waals surface area contributed by atoms with Crippen LogP contribution in [0.4, 0.5) is 4.79 Å². The molecule has 0 bridgehead atoms. The van der Waals surface area contributed by atoms with Gasteiger partial charge in [0.05, 0.1) is 0 Å². The van der Waals surface area contributed by atoms with Crippen LogP contribution < -0.4 is 5.32 Å². The lowest BCUT2D eigenvalue weighted by Crippen LogP contribution is -2.49. The maximum Gasteiger partial charge on any atom is 0.410 e. The van der Waals surface area contributed by atoms with Gasteiger partial charge in [0.25, 0.3) is 0 Å². The molecule has 1 N–H and O–H groups in total. The smallest absolute Gasteiger partial charge is 0.410 e. The summed E-state index contributed by atoms with van der Waals surface area (Å²) in [4.78, 5) is 17.0. The summed E-state index contributed by atoms with van der Waals surface area (Å²) >= 11 is 0. The molecule has 0 radical (unpaired) electrons. The molecule has 1 aromatic carbocycles. The molecular weight excluding hydrogens is 350 g/mol. The number of carbonyl (C=O) groups excluding carboxylic acids is 1. The van der Waals surface area contributed by atoms with E-state index in [1.54, 1.807) is 0 Å². The summed E-state index contributed by atoms with van der Waals surface area (Å²) in [6.07, 6.45) is 7.38. The predicted octanol–water partition coefficient (Wildman–Crippen LogP) is 3.50. The third-order valence-electron chi connectivity index (χ3n) is 7.18. The first-order chi connectivity index (χ1) is 13.7. The van der Waals surface area contributed by atoms with Crippen LogP contribution in [0, 0.1) is 11.3 Å². The van der Waals surface area contributed by atoms with Crippen LogP contribution in [0.1, 0.15) is 44.1 Å². The van der Waals surface area contributed by atoms with E-state index in [1.165, 1.54) is 58.4 Å². The predicted molar refractivity (Wildman–Crippen MR) is 111 cm³/mol. The molecule has 1 aromatic rings. The maximum absolute atomic E-state index is 12.4. The number of piperidine rings is 3. The van der Waals surface area contributed by atoms with Gasteiger partial charge in [0.15, 0.2) is 0 Å². The number of ether oxygens (including phenoxy) is 1. The number of likely N-dealkylation sites (tertiary alicyclic amines) is 2. The van der Waals surface area contributed by atoms with E-state index in [4.69, 9.17) is 4.74 Å². The quantitative estimate of drug-likeness (QED) is 0.862. The van der Waals surface area contributed by atoms with Crippen LogP contribution in [-0.2, 0) is 11.3 Å². The Balaban J connectivity index is 1.18. The van der Waals surface area contributed by atoms with E-state index < -0.39 is 0 Å². The molecule has 28 heavy (non-hydrogen) atoms. The van der Waals surface area contributed by atoms with E-state index in [1.807, 2.05) is 35.2 Å². The fourth-order valence-corrected chi connectivity index (χ4v) is 5.11. The minimum Gasteiger partial charge on any atom is -0.445 e. The van der Waals surface area contributed by atoms with Crippen molar-refractivity contribution in [1.82, 2.24) is 15.1 Å². The van der Waals surface area contributed by atoms with Gasteiger partial charge in [-0.1, -0.05) is 30.3 Å². The van der Waals surface area contributed by atoms with E-state index in [-0.39, 0.29) is 6.09 Å². The number of nitrogens with zero attached hydrogens (tertiary/aromatic N) is 2. The van der Waals surface area contributed by atoms with Gasteiger partial charge in [-0.15, -0.1) is 0 Å². The summed E-state index contributed by atoms with van der Waals surface area (Å²) in [5.74, 6) is 0.886. The normalized spacial score (nSPS) is 23.6. The number of hydrogen-bond donors (Lipinski definition) is 1. The molecule has 3 saturated heterocycles. The standard InChI is InChI=1S/C23H35N3O2/c27-22(28-19-21-4-2-1-3-5-21)26-16-10-23(11-17-26)8-14-25(15-9-23)18-20-6-12-24-13-7-20/h1-5,20,24H,6-19H2. The third-order valence-corrected chi connectivity index (χ3v) is 7.18. The minimum atomic E-state index is -0.151. The first kappa shape index (κ1) is 19.7. The SMILES string of the molecule is O=C(OCc1ccccc1)N1CCC2(CCN(CC3CCNCC3)CC2)CC1. The van der Waals surface area contributed by atoms with Crippen molar-refractivity contribution >= 4 is 6.09 Å². The summed E-state index contributed by atoms with van der Waals surface area (Å²) in [6, 6.07) is 9.93. The van der Waals surface area contributed by atoms with E-state index in [2.05, 4.69) is 10.2 Å². The topological polar surface area (TPSA) is 44.8 Å². The molecule has 0 unspecified atom stereocenters. The number of carbonyl (C=O) groups is 1. The number of nitrogens with one attached hydrogen (secondary N) is 1. The fraction of sp³-hybridized carbons (Fsp3) is 0.696. The first-order valence-corrected chi connectivity index (χ1v) is 11.1. The molecule has 0 atom stereocenters. The first-order valence-electron chi connectivity index (χ1n) is 11.1. The zero-order chi connectivity index (χ0) is 19.2. The van der Waals surface area contributed by atoms with Crippen molar-refractivity contribution in [2.24, 2.45) is 11.3 Å². The van der Waals surface area contributed by atoms with E-state index in [0.29, 0.717) is 12.0 Å². The third kappa shape index (κ3) is 5.06. The van der Waals surface area contributed by atoms with Crippen LogP contribution in [-0.4, -0.2) is 61.7 Å². The van der Waals surface area contributed by atoms with E-state index >= 15 is 0 Å². The van der Waals surface area contributed by atoms with Crippen LogP contribution in [0.25, 0.3) is 0 Å². The molecule has 3 aliphatic rings. The van der Waals surface area contributed by atoms with Gasteiger partial charge < -0.3 is 19.9 Å². The number of benzene rings is 1. The van der Waals surface area contributed by atoms with Gasteiger partial charge in [-0.3, -0.25) is 0 Å². The molecular formula is C23H35N3O2. The zero-order valence-electron chi connectivity index (χ0n) is 17.1. The molecule has 5 nitrogen and oxygen atoms in total. The molecule has 5 heteroatoms. The Labute approximate surface area is 169 Å². The fourth-order valence-electron chi connectivity index (χ4n) is 5.11. The van der Waals surface area contributed by atoms with Crippen LogP contribution >= 0.6 is 0 Å². The monoisotopic (exact) mass is 385 g/mol. The lowest BCUT2D eigenvalue weighted by atomic mass is 9.71. The van der Waals surface area contributed by atoms with Crippen molar-refractivity contribution in [3.8, 4) is 0 Å². The zero-order valence-corrected chi connectivity index (χ0v) is 17.1. The van der Waals surface area contributed by atoms with Crippen LogP contribution in [0.15, 0.2) is 30.3 Å². The molecule has 1 amide bonds. The van der Waals surface area contributed by atoms with Crippen LogP contribution in [0.3, 0.4) is 0 Å². The second kappa shape index (κ2) is 9.27. The molecule has 0 aromatic heterocycles. The number of rotatable bonds is 4. The lowest BCUT2D eigenvalue weighted by molar-refractivity contribution is 0.0215. The Kier molecular flexibility index (Phi) is 6.53. The lowest BCUT2D eigenvalue weighted by Gasteiger charge is -2.47. The van der Waals surface area contributed by atoms with Crippen molar-refractivity contribution in [2.75, 3.05) is 45.8 Å². The molecule has 154 valence electrons. The van der Waals surface area contributed by atoms with Crippen molar-refractivity contribution in [3.63, 3.8) is 0 Å². The van der Waals surface area contributed by atoms with Gasteiger partial charge in [0, 0.05) is 19.6 Å². The van der Waals surface area contributed by atoms with Crippen molar-refractivity contribution in [2.45, 2.75) is 45.1 Å². The highest BCUT2D eigenvalue weighted by Gasteiger charge is 2.39. The van der Waals surface area contributed by atoms with Crippen molar-refractivity contribution < 1.29 is 9.53 Å². The highest BCUT2D eigenvalue weighted by atomic mass is 16.6. The van der Waals surface area contributed by atoms with Gasteiger partial charge in [-0.25, -0.2) is 4.79 Å². The van der Waals surface area contributed by atoms with Crippen molar-refractivity contribution in [1.29, 1.82) is 0 Å². The number of hydrogen-bond acceptors (Lipinski definition) is 4. The number of amides is 1. The summed E-state index contributed by atoms with van der Waals surface area (Å²) in [6.45, 7) is 8.22. The van der Waals surface area contributed by atoms with Crippen molar-refractivity contribution in [3.05, 3.63) is 35.9 Å². The second-order valence-electron chi connectivity index (χ2n) is 9.02. The van der Waals surface area contributed by atoms with Gasteiger partial charge in [0.2, 0.25) is 0 Å². The highest BCUT2D eigenvalue weighted by Crippen LogP contribution is 2.41. The molecule has 0 aliphatic carbocycles. The Hall–Kier alpha value is -1.59. The average Bonchev–Trinajstić information content (AvgIpc) is 2.76. The average molecular weight is 386 g/mol. The molecule has 3 aliphatic heterocycles. The molecule has 0 saturated carbocycles. The van der Waals surface area contributed by atoms with E-state index in [9.17, 15) is 4.79 Å². The van der Waals surface area contributed by atoms with Crippen LogP contribution in [0.5, 0.6) is 0 Å². The molecule has 3 heterocycles. The molecule has 1 spiro atoms. The minimum absolute atomic E-state index is 0.151. The second-order valence-corrected chi connectivity index (χ2v) is 9.02. The Morgan fingerprint density at radius 2 is 1.64 bits per heavy atom. The largest absolute Gasteiger partial charge is 0.445 e. The summed E-state index contributed by atoms with van der Waals surface area (Å²) in [5.41, 5.74) is 1.51. The Morgan fingerprint density at radius 1 is 1.00 bits per heavy atom. The summed E-state index contributed by atoms with van der Waals surface area (Å²) < 4.78 is 5.52. The molecule has 4 rings (SSSR count). The highest BCUT2D eigenvalue weighted by molar-refractivity contribution is 5.67. The molecule has 3 fully saturated rings. The maximum atomic E-state index is 12.4. The summed E-state index contributed by atoms with van der Waals surface area (Å²) in [5, 5.41) is 3.47. The van der Waals surface area contributed by atoms with Gasteiger partial charge in [-0.05, 0) is 81.6 Å². The summed E-state index contributed by atoms with van der Waals surface area (Å²) in [7, 11) is 0. The Bertz CT molecular complexity index is 612. The van der Waals surface area contributed by atoms with Gasteiger partial charge >= 0.3 is 6.09 Å². The van der Waals surface area contributed by atoms with Gasteiger partial charge in [0.1, 0.15) is 6.61 Å².